The molecule has 2 aromatic carbocycles. The number of hydrazine groups is 1. The summed E-state index contributed by atoms with van der Waals surface area (Å²) >= 11 is 0. The summed E-state index contributed by atoms with van der Waals surface area (Å²) < 4.78 is 13.2. The lowest BCUT2D eigenvalue weighted by Crippen LogP contribution is -2.19. The van der Waals surface area contributed by atoms with Crippen molar-refractivity contribution in [1.29, 1.82) is 0 Å². The maximum atomic E-state index is 13.2. The molecule has 0 unspecified atom stereocenters. The van der Waals surface area contributed by atoms with Gasteiger partial charge in [-0.1, -0.05) is 18.2 Å². The number of rotatable bonds is 5. The van der Waals surface area contributed by atoms with Gasteiger partial charge in [-0.25, -0.2) is 4.39 Å². The molecule has 0 radical (unpaired) electrons. The van der Waals surface area contributed by atoms with Crippen LogP contribution in [-0.4, -0.2) is 12.0 Å². The number of nitro benzene ring substituents is 1. The first-order valence-corrected chi connectivity index (χ1v) is 6.22. The summed E-state index contributed by atoms with van der Waals surface area (Å²) in [6.45, 7) is 0.352. The number of nitro groups is 1. The number of nitrogens with zero attached hydrogens (tertiary/aromatic N) is 2. The standard InChI is InChI=1S/C14H15FN4O2/c1-18(12-6-3-5-11(15)8-12)9-10-4-2-7-13(19(20)21)14(10)17-16/h2-8,17H,9,16H2,1H3. The number of halogens is 1. The van der Waals surface area contributed by atoms with Crippen LogP contribution in [0.5, 0.6) is 0 Å². The van der Waals surface area contributed by atoms with Crippen molar-refractivity contribution in [2.75, 3.05) is 17.4 Å². The van der Waals surface area contributed by atoms with Crippen molar-refractivity contribution in [2.45, 2.75) is 6.54 Å². The van der Waals surface area contributed by atoms with Gasteiger partial charge in [0.1, 0.15) is 11.5 Å². The van der Waals surface area contributed by atoms with Crippen LogP contribution in [0.1, 0.15) is 5.56 Å². The molecule has 2 aromatic rings. The number of nitrogens with two attached hydrogens (primary N) is 1. The first kappa shape index (κ1) is 14.7. The first-order chi connectivity index (χ1) is 10.0. The highest BCUT2D eigenvalue weighted by molar-refractivity contribution is 5.66. The maximum absolute atomic E-state index is 13.2. The zero-order chi connectivity index (χ0) is 15.4. The second-order valence-electron chi connectivity index (χ2n) is 4.55. The fourth-order valence-corrected chi connectivity index (χ4v) is 2.10. The van der Waals surface area contributed by atoms with E-state index in [0.717, 1.165) is 0 Å². The minimum absolute atomic E-state index is 0.0948. The second-order valence-corrected chi connectivity index (χ2v) is 4.55. The highest BCUT2D eigenvalue weighted by Crippen LogP contribution is 2.29. The lowest BCUT2D eigenvalue weighted by atomic mass is 10.1. The molecule has 0 bridgehead atoms. The summed E-state index contributed by atoms with van der Waals surface area (Å²) in [5.41, 5.74) is 3.85. The number of nitrogens with one attached hydrogen (secondary N) is 1. The summed E-state index contributed by atoms with van der Waals surface area (Å²) in [7, 11) is 1.77. The van der Waals surface area contributed by atoms with E-state index in [-0.39, 0.29) is 17.2 Å². The minimum Gasteiger partial charge on any atom is -0.370 e. The van der Waals surface area contributed by atoms with E-state index in [9.17, 15) is 14.5 Å². The molecule has 3 N–H and O–H groups in total. The van der Waals surface area contributed by atoms with E-state index in [2.05, 4.69) is 5.43 Å². The molecule has 6 nitrogen and oxygen atoms in total. The van der Waals surface area contributed by atoms with Crippen molar-refractivity contribution in [3.8, 4) is 0 Å². The van der Waals surface area contributed by atoms with Gasteiger partial charge in [0.2, 0.25) is 0 Å². The number of nitrogen functional groups attached to an aromatic ring is 1. The molecule has 0 saturated heterocycles. The predicted octanol–water partition coefficient (Wildman–Crippen LogP) is 2.66. The minimum atomic E-state index is -0.499. The maximum Gasteiger partial charge on any atom is 0.293 e. The highest BCUT2D eigenvalue weighted by Gasteiger charge is 2.17. The van der Waals surface area contributed by atoms with Crippen molar-refractivity contribution in [3.05, 3.63) is 64.0 Å². The Kier molecular flexibility index (Phi) is 4.34. The quantitative estimate of drug-likeness (QED) is 0.502. The number of hydrogen-bond acceptors (Lipinski definition) is 5. The molecule has 0 aliphatic rings. The van der Waals surface area contributed by atoms with Gasteiger partial charge in [0.15, 0.2) is 0 Å². The van der Waals surface area contributed by atoms with Gasteiger partial charge >= 0.3 is 0 Å². The van der Waals surface area contributed by atoms with Crippen LogP contribution in [-0.2, 0) is 6.54 Å². The number of hydrogen-bond donors (Lipinski definition) is 2. The smallest absolute Gasteiger partial charge is 0.293 e. The van der Waals surface area contributed by atoms with Gasteiger partial charge in [0, 0.05) is 30.9 Å². The van der Waals surface area contributed by atoms with Crippen molar-refractivity contribution < 1.29 is 9.31 Å². The normalized spacial score (nSPS) is 10.2. The van der Waals surface area contributed by atoms with Crippen LogP contribution in [0.3, 0.4) is 0 Å². The third-order valence-corrected chi connectivity index (χ3v) is 3.13. The molecule has 0 fully saturated rings. The molecule has 0 saturated carbocycles. The number of anilines is 2. The zero-order valence-electron chi connectivity index (χ0n) is 11.4. The van der Waals surface area contributed by atoms with Crippen molar-refractivity contribution in [3.63, 3.8) is 0 Å². The van der Waals surface area contributed by atoms with E-state index in [1.54, 1.807) is 36.2 Å². The van der Waals surface area contributed by atoms with Crippen molar-refractivity contribution in [1.82, 2.24) is 0 Å². The summed E-state index contributed by atoms with van der Waals surface area (Å²) in [5.74, 6) is 5.06. The Morgan fingerprint density at radius 3 is 2.67 bits per heavy atom. The van der Waals surface area contributed by atoms with Crippen LogP contribution >= 0.6 is 0 Å². The second kappa shape index (κ2) is 6.19. The van der Waals surface area contributed by atoms with Crippen molar-refractivity contribution in [2.24, 2.45) is 5.84 Å². The molecule has 0 atom stereocenters. The fourth-order valence-electron chi connectivity index (χ4n) is 2.10. The van der Waals surface area contributed by atoms with Gasteiger partial charge in [0.05, 0.1) is 4.92 Å². The monoisotopic (exact) mass is 290 g/mol. The van der Waals surface area contributed by atoms with Crippen LogP contribution in [0.2, 0.25) is 0 Å². The van der Waals surface area contributed by atoms with Gasteiger partial charge in [-0.3, -0.25) is 16.0 Å². The van der Waals surface area contributed by atoms with Crippen LogP contribution in [0.15, 0.2) is 42.5 Å². The average Bonchev–Trinajstić information content (AvgIpc) is 2.46. The van der Waals surface area contributed by atoms with E-state index in [4.69, 9.17) is 5.84 Å². The third-order valence-electron chi connectivity index (χ3n) is 3.13. The molecule has 2 rings (SSSR count). The van der Waals surface area contributed by atoms with E-state index < -0.39 is 4.92 Å². The Hall–Kier alpha value is -2.67. The molecule has 0 aliphatic carbocycles. The Bertz CT molecular complexity index is 663. The molecule has 0 amide bonds. The molecule has 0 heterocycles. The Morgan fingerprint density at radius 2 is 2.05 bits per heavy atom. The SMILES string of the molecule is CN(Cc1cccc([N+](=O)[O-])c1NN)c1cccc(F)c1. The zero-order valence-corrected chi connectivity index (χ0v) is 11.4. The lowest BCUT2D eigenvalue weighted by Gasteiger charge is -2.21. The van der Waals surface area contributed by atoms with Crippen LogP contribution in [0, 0.1) is 15.9 Å². The Labute approximate surface area is 121 Å². The largest absolute Gasteiger partial charge is 0.370 e. The Morgan fingerprint density at radius 1 is 1.33 bits per heavy atom. The van der Waals surface area contributed by atoms with Gasteiger partial charge in [-0.05, 0) is 18.2 Å². The third kappa shape index (κ3) is 3.26. The van der Waals surface area contributed by atoms with Crippen molar-refractivity contribution >= 4 is 17.1 Å². The molecule has 110 valence electrons. The lowest BCUT2D eigenvalue weighted by molar-refractivity contribution is -0.384. The molecular formula is C14H15FN4O2. The first-order valence-electron chi connectivity index (χ1n) is 6.22. The molecule has 7 heteroatoms. The fraction of sp³-hybridized carbons (Fsp3) is 0.143. The summed E-state index contributed by atoms with van der Waals surface area (Å²) in [6.07, 6.45) is 0. The highest BCUT2D eigenvalue weighted by atomic mass is 19.1. The molecule has 0 aliphatic heterocycles. The van der Waals surface area contributed by atoms with Crippen LogP contribution < -0.4 is 16.2 Å². The van der Waals surface area contributed by atoms with E-state index in [1.165, 1.54) is 18.2 Å². The summed E-state index contributed by atoms with van der Waals surface area (Å²) in [5, 5.41) is 11.0. The molecule has 0 spiro atoms. The molecule has 0 aromatic heterocycles. The van der Waals surface area contributed by atoms with E-state index >= 15 is 0 Å². The number of benzene rings is 2. The van der Waals surface area contributed by atoms with E-state index in [0.29, 0.717) is 17.8 Å². The van der Waals surface area contributed by atoms with Crippen LogP contribution in [0.4, 0.5) is 21.5 Å². The average molecular weight is 290 g/mol. The number of para-hydroxylation sites is 1. The van der Waals surface area contributed by atoms with Crippen LogP contribution in [0.25, 0.3) is 0 Å². The van der Waals surface area contributed by atoms with Gasteiger partial charge in [0.25, 0.3) is 5.69 Å². The molecule has 21 heavy (non-hydrogen) atoms. The topological polar surface area (TPSA) is 84.4 Å². The van der Waals surface area contributed by atoms with E-state index in [1.807, 2.05) is 0 Å². The van der Waals surface area contributed by atoms with Gasteiger partial charge in [-0.15, -0.1) is 0 Å². The van der Waals surface area contributed by atoms with Gasteiger partial charge in [-0.2, -0.15) is 0 Å². The predicted molar refractivity (Wildman–Crippen MR) is 79.4 cm³/mol. The summed E-state index contributed by atoms with van der Waals surface area (Å²) in [6, 6.07) is 10.8. The Balaban J connectivity index is 2.31. The molecular weight excluding hydrogens is 275 g/mol. The van der Waals surface area contributed by atoms with Gasteiger partial charge < -0.3 is 10.3 Å². The summed E-state index contributed by atoms with van der Waals surface area (Å²) in [4.78, 5) is 12.3.